The van der Waals surface area contributed by atoms with Gasteiger partial charge >= 0.3 is 10.2 Å². The van der Waals surface area contributed by atoms with Crippen LogP contribution in [0.25, 0.3) is 0 Å². The maximum absolute atomic E-state index is 13.0. The molecular formula is C25H34F5NO4S. The van der Waals surface area contributed by atoms with E-state index in [1.54, 1.807) is 0 Å². The Morgan fingerprint density at radius 1 is 0.750 bits per heavy atom. The van der Waals surface area contributed by atoms with Crippen molar-refractivity contribution in [2.45, 2.75) is 64.2 Å². The van der Waals surface area contributed by atoms with E-state index in [1.165, 1.54) is 12.1 Å². The van der Waals surface area contributed by atoms with Crippen molar-refractivity contribution in [3.05, 3.63) is 42.0 Å². The van der Waals surface area contributed by atoms with E-state index in [0.29, 0.717) is 37.1 Å². The third kappa shape index (κ3) is 9.07. The Morgan fingerprint density at radius 2 is 1.19 bits per heavy atom. The van der Waals surface area contributed by atoms with Crippen LogP contribution in [-0.4, -0.2) is 25.7 Å². The molecule has 0 radical (unpaired) electrons. The van der Waals surface area contributed by atoms with Crippen LogP contribution >= 0.6 is 10.2 Å². The zero-order valence-electron chi connectivity index (χ0n) is 20.8. The monoisotopic (exact) mass is 539 g/mol. The van der Waals surface area contributed by atoms with Crippen LogP contribution in [0.3, 0.4) is 0 Å². The summed E-state index contributed by atoms with van der Waals surface area (Å²) in [6, 6.07) is 5.01. The summed E-state index contributed by atoms with van der Waals surface area (Å²) in [6.45, 7) is 7.23. The van der Waals surface area contributed by atoms with Crippen molar-refractivity contribution < 1.29 is 38.4 Å². The molecule has 0 aliphatic carbocycles. The molecule has 2 aromatic rings. The first-order chi connectivity index (χ1) is 16.8. The van der Waals surface area contributed by atoms with Crippen molar-refractivity contribution in [2.24, 2.45) is 0 Å². The van der Waals surface area contributed by atoms with Gasteiger partial charge in [-0.3, -0.25) is 4.79 Å². The van der Waals surface area contributed by atoms with E-state index in [1.807, 2.05) is 20.8 Å². The van der Waals surface area contributed by atoms with Crippen LogP contribution in [0.1, 0.15) is 69.7 Å². The summed E-state index contributed by atoms with van der Waals surface area (Å²) in [6.07, 6.45) is 5.05. The summed E-state index contributed by atoms with van der Waals surface area (Å²) >= 11 is 0. The lowest BCUT2D eigenvalue weighted by Gasteiger charge is -2.40. The number of hydrogen-bond acceptors (Lipinski definition) is 4. The minimum Gasteiger partial charge on any atom is -0.490 e. The zero-order valence-corrected chi connectivity index (χ0v) is 21.6. The molecule has 1 amide bonds. The van der Waals surface area contributed by atoms with Crippen molar-refractivity contribution in [3.63, 3.8) is 0 Å². The highest BCUT2D eigenvalue weighted by atomic mass is 32.5. The van der Waals surface area contributed by atoms with Gasteiger partial charge in [0.2, 0.25) is 5.75 Å². The van der Waals surface area contributed by atoms with Crippen LogP contribution in [0.15, 0.2) is 41.3 Å². The van der Waals surface area contributed by atoms with E-state index < -0.39 is 21.0 Å². The molecule has 0 spiro atoms. The summed E-state index contributed by atoms with van der Waals surface area (Å²) in [5.74, 6) is 0.341. The van der Waals surface area contributed by atoms with Crippen molar-refractivity contribution in [2.75, 3.05) is 25.1 Å². The van der Waals surface area contributed by atoms with Gasteiger partial charge in [0.15, 0.2) is 11.5 Å². The normalized spacial score (nSPS) is 13.4. The van der Waals surface area contributed by atoms with Gasteiger partial charge in [0.25, 0.3) is 5.91 Å². The molecule has 5 nitrogen and oxygen atoms in total. The van der Waals surface area contributed by atoms with Crippen LogP contribution in [-0.2, 0) is 0 Å². The Kier molecular flexibility index (Phi) is 9.50. The molecular weight excluding hydrogens is 505 g/mol. The van der Waals surface area contributed by atoms with E-state index in [2.05, 4.69) is 5.32 Å². The van der Waals surface area contributed by atoms with Gasteiger partial charge in [-0.1, -0.05) is 59.5 Å². The lowest BCUT2D eigenvalue weighted by molar-refractivity contribution is 0.102. The first kappa shape index (κ1) is 29.5. The number of ether oxygens (including phenoxy) is 3. The smallest absolute Gasteiger partial charge is 0.310 e. The van der Waals surface area contributed by atoms with Gasteiger partial charge in [0.05, 0.1) is 19.8 Å². The lowest BCUT2D eigenvalue weighted by atomic mass is 10.1. The molecule has 2 rings (SSSR count). The lowest BCUT2D eigenvalue weighted by Crippen LogP contribution is -2.14. The number of hydrogen-bond donors (Lipinski definition) is 1. The Balaban J connectivity index is 2.36. The van der Waals surface area contributed by atoms with Gasteiger partial charge in [-0.2, -0.15) is 0 Å². The largest absolute Gasteiger partial charge is 0.490 e. The molecule has 1 N–H and O–H groups in total. The first-order valence-corrected chi connectivity index (χ1v) is 14.0. The molecule has 0 saturated heterocycles. The highest BCUT2D eigenvalue weighted by Crippen LogP contribution is 3.02. The Bertz CT molecular complexity index is 983. The predicted octanol–water partition coefficient (Wildman–Crippen LogP) is 9.13. The number of anilines is 1. The highest BCUT2D eigenvalue weighted by Gasteiger charge is 2.65. The average molecular weight is 540 g/mol. The standard InChI is InChI=1S/C25H34F5NO4S/c1-4-7-14-33-22-17-19(18-23(34-15-8-5-2)24(22)35-16-9-6-3)25(32)31-20-10-12-21(13-11-20)36(26,27,28,29)30/h10-13,17-18H,4-9,14-16H2,1-3H3,(H,31,32). The predicted molar refractivity (Wildman–Crippen MR) is 133 cm³/mol. The molecule has 36 heavy (non-hydrogen) atoms. The molecule has 0 atom stereocenters. The number of unbranched alkanes of at least 4 members (excludes halogenated alkanes) is 3. The quantitative estimate of drug-likeness (QED) is 0.181. The van der Waals surface area contributed by atoms with Gasteiger partial charge in [-0.15, -0.1) is 0 Å². The molecule has 0 fully saturated rings. The first-order valence-electron chi connectivity index (χ1n) is 12.0. The molecule has 11 heteroatoms. The van der Waals surface area contributed by atoms with Crippen molar-refractivity contribution in [1.82, 2.24) is 0 Å². The number of rotatable bonds is 15. The van der Waals surface area contributed by atoms with Crippen LogP contribution in [0.4, 0.5) is 25.1 Å². The minimum atomic E-state index is -9.80. The Morgan fingerprint density at radius 3 is 1.61 bits per heavy atom. The van der Waals surface area contributed by atoms with Crippen LogP contribution in [0.2, 0.25) is 0 Å². The van der Waals surface area contributed by atoms with Gasteiger partial charge in [-0.05, 0) is 55.7 Å². The van der Waals surface area contributed by atoms with Crippen molar-refractivity contribution in [1.29, 1.82) is 0 Å². The second-order valence-electron chi connectivity index (χ2n) is 8.36. The second-order valence-corrected chi connectivity index (χ2v) is 10.8. The number of carbonyl (C=O) groups excluding carboxylic acids is 1. The van der Waals surface area contributed by atoms with E-state index in [9.17, 15) is 24.2 Å². The van der Waals surface area contributed by atoms with Crippen LogP contribution in [0.5, 0.6) is 17.2 Å². The Labute approximate surface area is 209 Å². The minimum absolute atomic E-state index is 0.0734. The molecule has 0 aliphatic rings. The molecule has 0 bridgehead atoms. The fourth-order valence-electron chi connectivity index (χ4n) is 3.03. The summed E-state index contributed by atoms with van der Waals surface area (Å²) < 4.78 is 82.6. The number of halogens is 5. The summed E-state index contributed by atoms with van der Waals surface area (Å²) in [5.41, 5.74) is 0.0448. The second kappa shape index (κ2) is 11.6. The van der Waals surface area contributed by atoms with E-state index >= 15 is 0 Å². The SMILES string of the molecule is CCCCOc1cc(C(=O)Nc2ccc(S(F)(F)(F)(F)F)cc2)cc(OCCCC)c1OCCCC. The summed E-state index contributed by atoms with van der Waals surface area (Å²) in [5, 5.41) is 2.43. The third-order valence-electron chi connectivity index (χ3n) is 5.10. The average Bonchev–Trinajstić information content (AvgIpc) is 2.79. The molecule has 0 unspecified atom stereocenters. The zero-order chi connectivity index (χ0) is 26.9. The van der Waals surface area contributed by atoms with Crippen molar-refractivity contribution >= 4 is 21.8 Å². The molecule has 204 valence electrons. The Hall–Kier alpha value is -2.69. The van der Waals surface area contributed by atoms with Crippen molar-refractivity contribution in [3.8, 4) is 17.2 Å². The van der Waals surface area contributed by atoms with Gasteiger partial charge in [0.1, 0.15) is 4.90 Å². The molecule has 0 aromatic heterocycles. The summed E-state index contributed by atoms with van der Waals surface area (Å²) in [7, 11) is -9.80. The number of nitrogens with one attached hydrogen (secondary N) is 1. The number of carbonyl (C=O) groups is 1. The molecule has 2 aromatic carbocycles. The van der Waals surface area contributed by atoms with E-state index in [-0.39, 0.29) is 23.4 Å². The fourth-order valence-corrected chi connectivity index (χ4v) is 3.69. The molecule has 0 aliphatic heterocycles. The molecule has 0 saturated carbocycles. The van der Waals surface area contributed by atoms with E-state index in [0.717, 1.165) is 50.7 Å². The maximum atomic E-state index is 13.0. The topological polar surface area (TPSA) is 56.8 Å². The van der Waals surface area contributed by atoms with Crippen LogP contribution in [0, 0.1) is 0 Å². The third-order valence-corrected chi connectivity index (χ3v) is 6.26. The van der Waals surface area contributed by atoms with Gasteiger partial charge < -0.3 is 19.5 Å². The molecule has 0 heterocycles. The van der Waals surface area contributed by atoms with Crippen LogP contribution < -0.4 is 19.5 Å². The fraction of sp³-hybridized carbons (Fsp3) is 0.480. The maximum Gasteiger partial charge on any atom is 0.310 e. The number of amides is 1. The number of benzene rings is 2. The summed E-state index contributed by atoms with van der Waals surface area (Å²) in [4.78, 5) is 10.9. The van der Waals surface area contributed by atoms with E-state index in [4.69, 9.17) is 14.2 Å². The highest BCUT2D eigenvalue weighted by molar-refractivity contribution is 8.45. The van der Waals surface area contributed by atoms with Gasteiger partial charge in [-0.25, -0.2) is 0 Å². The van der Waals surface area contributed by atoms with Gasteiger partial charge in [0, 0.05) is 11.3 Å².